The largest absolute Gasteiger partial charge is 0.478 e. The first-order chi connectivity index (χ1) is 8.16. The lowest BCUT2D eigenvalue weighted by Gasteiger charge is -2.01. The Labute approximate surface area is 108 Å². The normalized spacial score (nSPS) is 11.5. The molecule has 1 aromatic carbocycles. The summed E-state index contributed by atoms with van der Waals surface area (Å²) < 4.78 is 0. The highest BCUT2D eigenvalue weighted by atomic mass is 35.5. The Morgan fingerprint density at radius 3 is 2.53 bits per heavy atom. The van der Waals surface area contributed by atoms with E-state index in [-0.39, 0.29) is 5.57 Å². The highest BCUT2D eigenvalue weighted by Crippen LogP contribution is 2.25. The van der Waals surface area contributed by atoms with Crippen LogP contribution in [0, 0.1) is 0 Å². The number of carboxylic acids is 1. The topological polar surface area (TPSA) is 37.3 Å². The average molecular weight is 265 g/mol. The molecule has 86 valence electrons. The summed E-state index contributed by atoms with van der Waals surface area (Å²) in [6.07, 6.45) is 1.63. The smallest absolute Gasteiger partial charge is 0.336 e. The van der Waals surface area contributed by atoms with E-state index < -0.39 is 5.97 Å². The van der Waals surface area contributed by atoms with Gasteiger partial charge >= 0.3 is 5.97 Å². The van der Waals surface area contributed by atoms with Crippen molar-refractivity contribution in [3.05, 3.63) is 57.2 Å². The molecule has 2 aromatic rings. The van der Waals surface area contributed by atoms with E-state index in [9.17, 15) is 9.90 Å². The van der Waals surface area contributed by atoms with Gasteiger partial charge in [0.15, 0.2) is 0 Å². The summed E-state index contributed by atoms with van der Waals surface area (Å²) in [5.41, 5.74) is 0.952. The van der Waals surface area contributed by atoms with Crippen LogP contribution in [0.4, 0.5) is 0 Å². The predicted molar refractivity (Wildman–Crippen MR) is 71.3 cm³/mol. The molecule has 0 aliphatic carbocycles. The minimum absolute atomic E-state index is 0.268. The zero-order chi connectivity index (χ0) is 12.3. The van der Waals surface area contributed by atoms with E-state index in [4.69, 9.17) is 11.6 Å². The molecule has 17 heavy (non-hydrogen) atoms. The van der Waals surface area contributed by atoms with Gasteiger partial charge in [0.1, 0.15) is 0 Å². The quantitative estimate of drug-likeness (QED) is 0.850. The standard InChI is InChI=1S/C13H9ClO2S/c14-10-6-11(17-8-10)7-12(13(15)16)9-4-2-1-3-5-9/h1-8H,(H,15,16). The molecule has 0 saturated carbocycles. The van der Waals surface area contributed by atoms with E-state index in [1.165, 1.54) is 11.3 Å². The van der Waals surface area contributed by atoms with Gasteiger partial charge in [0.05, 0.1) is 10.6 Å². The maximum absolute atomic E-state index is 11.2. The van der Waals surface area contributed by atoms with Crippen LogP contribution < -0.4 is 0 Å². The van der Waals surface area contributed by atoms with E-state index in [1.54, 1.807) is 29.7 Å². The maximum atomic E-state index is 11.2. The van der Waals surface area contributed by atoms with Crippen molar-refractivity contribution in [3.63, 3.8) is 0 Å². The van der Waals surface area contributed by atoms with Crippen molar-refractivity contribution < 1.29 is 9.90 Å². The first kappa shape index (κ1) is 11.9. The molecule has 2 nitrogen and oxygen atoms in total. The molecule has 4 heteroatoms. The van der Waals surface area contributed by atoms with Gasteiger partial charge in [-0.2, -0.15) is 0 Å². The van der Waals surface area contributed by atoms with Crippen molar-refractivity contribution in [2.75, 3.05) is 0 Å². The second-order valence-corrected chi connectivity index (χ2v) is 4.78. The zero-order valence-corrected chi connectivity index (χ0v) is 10.3. The summed E-state index contributed by atoms with van der Waals surface area (Å²) in [7, 11) is 0. The van der Waals surface area contributed by atoms with Crippen LogP contribution in [0.25, 0.3) is 11.6 Å². The molecule has 0 bridgehead atoms. The third-order valence-corrected chi connectivity index (χ3v) is 3.42. The minimum Gasteiger partial charge on any atom is -0.478 e. The van der Waals surface area contributed by atoms with E-state index in [2.05, 4.69) is 0 Å². The van der Waals surface area contributed by atoms with Crippen LogP contribution in [-0.2, 0) is 4.79 Å². The number of hydrogen-bond acceptors (Lipinski definition) is 2. The second kappa shape index (κ2) is 5.17. The van der Waals surface area contributed by atoms with Crippen LogP contribution in [0.3, 0.4) is 0 Å². The van der Waals surface area contributed by atoms with Crippen LogP contribution in [-0.4, -0.2) is 11.1 Å². The third kappa shape index (κ3) is 2.96. The van der Waals surface area contributed by atoms with Crippen molar-refractivity contribution in [2.45, 2.75) is 0 Å². The number of thiophene rings is 1. The Hall–Kier alpha value is -1.58. The lowest BCUT2D eigenvalue weighted by molar-refractivity contribution is -0.130. The zero-order valence-electron chi connectivity index (χ0n) is 8.76. The van der Waals surface area contributed by atoms with Gasteiger partial charge in [-0.05, 0) is 17.7 Å². The first-order valence-electron chi connectivity index (χ1n) is 4.91. The molecule has 0 aliphatic heterocycles. The lowest BCUT2D eigenvalue weighted by atomic mass is 10.1. The van der Waals surface area contributed by atoms with E-state index in [0.717, 1.165) is 4.88 Å². The maximum Gasteiger partial charge on any atom is 0.336 e. The predicted octanol–water partition coefficient (Wildman–Crippen LogP) is 4.03. The summed E-state index contributed by atoms with van der Waals surface area (Å²) in [6.45, 7) is 0. The number of aliphatic carboxylic acids is 1. The van der Waals surface area contributed by atoms with E-state index >= 15 is 0 Å². The number of halogens is 1. The van der Waals surface area contributed by atoms with Gasteiger partial charge in [0.2, 0.25) is 0 Å². The van der Waals surface area contributed by atoms with Crippen molar-refractivity contribution in [1.82, 2.24) is 0 Å². The second-order valence-electron chi connectivity index (χ2n) is 3.40. The molecule has 0 spiro atoms. The molecule has 0 amide bonds. The third-order valence-electron chi connectivity index (χ3n) is 2.19. The average Bonchev–Trinajstić information content (AvgIpc) is 2.73. The Morgan fingerprint density at radius 1 is 1.29 bits per heavy atom. The Kier molecular flexibility index (Phi) is 3.61. The van der Waals surface area contributed by atoms with Crippen molar-refractivity contribution in [1.29, 1.82) is 0 Å². The molecule has 0 unspecified atom stereocenters. The molecule has 0 fully saturated rings. The van der Waals surface area contributed by atoms with Gasteiger partial charge in [-0.15, -0.1) is 11.3 Å². The van der Waals surface area contributed by atoms with Crippen LogP contribution in [0.2, 0.25) is 5.02 Å². The Balaban J connectivity index is 2.43. The molecule has 2 rings (SSSR count). The van der Waals surface area contributed by atoms with Gasteiger partial charge in [0, 0.05) is 10.3 Å². The van der Waals surface area contributed by atoms with Gasteiger partial charge in [-0.1, -0.05) is 41.9 Å². The van der Waals surface area contributed by atoms with Gasteiger partial charge < -0.3 is 5.11 Å². The summed E-state index contributed by atoms with van der Waals surface area (Å²) in [5, 5.41) is 11.6. The van der Waals surface area contributed by atoms with Crippen molar-refractivity contribution >= 4 is 40.6 Å². The van der Waals surface area contributed by atoms with Crippen LogP contribution >= 0.6 is 22.9 Å². The molecular weight excluding hydrogens is 256 g/mol. The highest BCUT2D eigenvalue weighted by Gasteiger charge is 2.10. The molecule has 0 radical (unpaired) electrons. The summed E-state index contributed by atoms with van der Waals surface area (Å²) in [6, 6.07) is 10.8. The molecule has 0 aliphatic rings. The highest BCUT2D eigenvalue weighted by molar-refractivity contribution is 7.11. The molecule has 0 saturated heterocycles. The van der Waals surface area contributed by atoms with Crippen molar-refractivity contribution in [3.8, 4) is 0 Å². The summed E-state index contributed by atoms with van der Waals surface area (Å²) >= 11 is 7.22. The Bertz CT molecular complexity index is 558. The molecular formula is C13H9ClO2S. The van der Waals surface area contributed by atoms with Gasteiger partial charge in [-0.25, -0.2) is 4.79 Å². The Morgan fingerprint density at radius 2 is 2.00 bits per heavy atom. The summed E-state index contributed by atoms with van der Waals surface area (Å²) in [5.74, 6) is -0.944. The van der Waals surface area contributed by atoms with Crippen molar-refractivity contribution in [2.24, 2.45) is 0 Å². The van der Waals surface area contributed by atoms with Crippen LogP contribution in [0.1, 0.15) is 10.4 Å². The number of rotatable bonds is 3. The van der Waals surface area contributed by atoms with Crippen LogP contribution in [0.5, 0.6) is 0 Å². The number of carbonyl (C=O) groups is 1. The number of carboxylic acid groups (broad SMARTS) is 1. The van der Waals surface area contributed by atoms with Crippen LogP contribution in [0.15, 0.2) is 41.8 Å². The molecule has 0 atom stereocenters. The summed E-state index contributed by atoms with van der Waals surface area (Å²) in [4.78, 5) is 12.0. The minimum atomic E-state index is -0.944. The van der Waals surface area contributed by atoms with Gasteiger partial charge in [-0.3, -0.25) is 0 Å². The van der Waals surface area contributed by atoms with E-state index in [0.29, 0.717) is 10.6 Å². The fourth-order valence-corrected chi connectivity index (χ4v) is 2.45. The van der Waals surface area contributed by atoms with Gasteiger partial charge in [0.25, 0.3) is 0 Å². The first-order valence-corrected chi connectivity index (χ1v) is 6.17. The molecule has 1 N–H and O–H groups in total. The fraction of sp³-hybridized carbons (Fsp3) is 0. The molecule has 1 heterocycles. The number of benzene rings is 1. The monoisotopic (exact) mass is 264 g/mol. The SMILES string of the molecule is O=C(O)C(=Cc1cc(Cl)cs1)c1ccccc1. The number of hydrogen-bond donors (Lipinski definition) is 1. The fourth-order valence-electron chi connectivity index (χ4n) is 1.43. The van der Waals surface area contributed by atoms with E-state index in [1.807, 2.05) is 18.2 Å². The lowest BCUT2D eigenvalue weighted by Crippen LogP contribution is -1.98. The molecule has 1 aromatic heterocycles.